The molecule has 0 heterocycles. The zero-order chi connectivity index (χ0) is 16.0. The van der Waals surface area contributed by atoms with Crippen LogP contribution in [0.5, 0.6) is 11.5 Å². The molecule has 1 aromatic carbocycles. The average molecular weight is 295 g/mol. The Morgan fingerprint density at radius 1 is 1.33 bits per heavy atom. The third-order valence-corrected chi connectivity index (χ3v) is 3.19. The molecule has 0 aliphatic rings. The highest BCUT2D eigenvalue weighted by molar-refractivity contribution is 5.93. The zero-order valence-electron chi connectivity index (χ0n) is 13.1. The maximum absolute atomic E-state index is 14.1. The maximum atomic E-state index is 14.1. The van der Waals surface area contributed by atoms with Crippen LogP contribution in [0.1, 0.15) is 38.8 Å². The molecule has 0 unspecified atom stereocenters. The Morgan fingerprint density at radius 2 is 1.90 bits per heavy atom. The number of amides is 1. The van der Waals surface area contributed by atoms with Gasteiger partial charge in [-0.25, -0.2) is 4.39 Å². The maximum Gasteiger partial charge on any atom is 0.247 e. The number of rotatable bonds is 6. The van der Waals surface area contributed by atoms with Gasteiger partial charge in [-0.2, -0.15) is 0 Å². The van der Waals surface area contributed by atoms with Gasteiger partial charge in [0.05, 0.1) is 20.3 Å². The highest BCUT2D eigenvalue weighted by Gasteiger charge is 2.18. The largest absolute Gasteiger partial charge is 0.493 e. The summed E-state index contributed by atoms with van der Waals surface area (Å²) in [4.78, 5) is 11.9. The second kappa shape index (κ2) is 7.67. The highest BCUT2D eigenvalue weighted by atomic mass is 19.1. The molecular formula is C16H22FNO3. The Morgan fingerprint density at radius 3 is 2.43 bits per heavy atom. The molecule has 0 radical (unpaired) electrons. The topological polar surface area (TPSA) is 47.6 Å². The van der Waals surface area contributed by atoms with Crippen molar-refractivity contribution in [3.8, 4) is 11.5 Å². The van der Waals surface area contributed by atoms with Crippen LogP contribution in [0.2, 0.25) is 0 Å². The standard InChI is InChI=1S/C16H22FNO3/c1-6-7-10(2)16(19)18-11(3)12-8-14(20-4)15(21-5)9-13(12)17/h7-9,11H,6H2,1-5H3,(H,18,19)/b10-7-/t11-/m1/s1. The third kappa shape index (κ3) is 4.21. The second-order valence-electron chi connectivity index (χ2n) is 4.72. The summed E-state index contributed by atoms with van der Waals surface area (Å²) in [7, 11) is 2.93. The van der Waals surface area contributed by atoms with Crippen LogP contribution in [0.15, 0.2) is 23.8 Å². The van der Waals surface area contributed by atoms with Gasteiger partial charge in [-0.05, 0) is 26.3 Å². The number of hydrogen-bond donors (Lipinski definition) is 1. The SMILES string of the molecule is CC/C=C(/C)C(=O)N[C@H](C)c1cc(OC)c(OC)cc1F. The van der Waals surface area contributed by atoms with Gasteiger partial charge in [-0.1, -0.05) is 13.0 Å². The van der Waals surface area contributed by atoms with Gasteiger partial charge in [-0.3, -0.25) is 4.79 Å². The number of halogens is 1. The van der Waals surface area contributed by atoms with Crippen LogP contribution < -0.4 is 14.8 Å². The van der Waals surface area contributed by atoms with Gasteiger partial charge >= 0.3 is 0 Å². The van der Waals surface area contributed by atoms with Crippen LogP contribution in [0.25, 0.3) is 0 Å². The summed E-state index contributed by atoms with van der Waals surface area (Å²) < 4.78 is 24.3. The molecule has 0 aromatic heterocycles. The molecule has 1 rings (SSSR count). The van der Waals surface area contributed by atoms with Crippen LogP contribution in [0.3, 0.4) is 0 Å². The van der Waals surface area contributed by atoms with Crippen LogP contribution in [-0.4, -0.2) is 20.1 Å². The van der Waals surface area contributed by atoms with Gasteiger partial charge in [0, 0.05) is 17.2 Å². The van der Waals surface area contributed by atoms with Gasteiger partial charge in [-0.15, -0.1) is 0 Å². The Kier molecular flexibility index (Phi) is 6.21. The van der Waals surface area contributed by atoms with Crippen molar-refractivity contribution < 1.29 is 18.7 Å². The molecule has 1 aromatic rings. The first-order valence-electron chi connectivity index (χ1n) is 6.83. The van der Waals surface area contributed by atoms with Crippen LogP contribution in [0.4, 0.5) is 4.39 Å². The molecule has 0 saturated heterocycles. The van der Waals surface area contributed by atoms with E-state index in [0.29, 0.717) is 22.6 Å². The predicted molar refractivity (Wildman–Crippen MR) is 80.1 cm³/mol. The fourth-order valence-electron chi connectivity index (χ4n) is 1.99. The number of hydrogen-bond acceptors (Lipinski definition) is 3. The Labute approximate surface area is 124 Å². The number of benzene rings is 1. The van der Waals surface area contributed by atoms with Gasteiger partial charge in [0.1, 0.15) is 5.82 Å². The molecule has 1 N–H and O–H groups in total. The summed E-state index contributed by atoms with van der Waals surface area (Å²) in [6, 6.07) is 2.32. The van der Waals surface area contributed by atoms with Crippen LogP contribution in [-0.2, 0) is 4.79 Å². The summed E-state index contributed by atoms with van der Waals surface area (Å²) in [6.07, 6.45) is 2.60. The van der Waals surface area contributed by atoms with E-state index in [0.717, 1.165) is 6.42 Å². The zero-order valence-corrected chi connectivity index (χ0v) is 13.1. The van der Waals surface area contributed by atoms with E-state index >= 15 is 0 Å². The molecule has 4 nitrogen and oxygen atoms in total. The molecule has 0 aliphatic heterocycles. The number of allylic oxidation sites excluding steroid dienone is 1. The van der Waals surface area contributed by atoms with Crippen LogP contribution >= 0.6 is 0 Å². The molecule has 1 amide bonds. The van der Waals surface area contributed by atoms with E-state index in [9.17, 15) is 9.18 Å². The van der Waals surface area contributed by atoms with Crippen molar-refractivity contribution in [2.24, 2.45) is 0 Å². The van der Waals surface area contributed by atoms with E-state index in [2.05, 4.69) is 5.32 Å². The molecule has 116 valence electrons. The average Bonchev–Trinajstić information content (AvgIpc) is 2.46. The first-order chi connectivity index (χ1) is 9.94. The lowest BCUT2D eigenvalue weighted by atomic mass is 10.1. The van der Waals surface area contributed by atoms with Crippen molar-refractivity contribution in [1.82, 2.24) is 5.32 Å². The number of methoxy groups -OCH3 is 2. The lowest BCUT2D eigenvalue weighted by molar-refractivity contribution is -0.118. The van der Waals surface area contributed by atoms with Crippen molar-refractivity contribution in [1.29, 1.82) is 0 Å². The quantitative estimate of drug-likeness (QED) is 0.818. The fourth-order valence-corrected chi connectivity index (χ4v) is 1.99. The van der Waals surface area contributed by atoms with E-state index in [4.69, 9.17) is 9.47 Å². The van der Waals surface area contributed by atoms with Gasteiger partial charge in [0.2, 0.25) is 5.91 Å². The summed E-state index contributed by atoms with van der Waals surface area (Å²) >= 11 is 0. The molecule has 21 heavy (non-hydrogen) atoms. The summed E-state index contributed by atoms with van der Waals surface area (Å²) in [5.41, 5.74) is 0.968. The Bertz CT molecular complexity index is 541. The number of nitrogens with one attached hydrogen (secondary N) is 1. The second-order valence-corrected chi connectivity index (χ2v) is 4.72. The van der Waals surface area contributed by atoms with Gasteiger partial charge in [0.15, 0.2) is 11.5 Å². The molecule has 0 fully saturated rings. The lowest BCUT2D eigenvalue weighted by Crippen LogP contribution is -2.27. The molecule has 5 heteroatoms. The Hall–Kier alpha value is -2.04. The smallest absolute Gasteiger partial charge is 0.247 e. The molecule has 0 spiro atoms. The number of carbonyl (C=O) groups excluding carboxylic acids is 1. The predicted octanol–water partition coefficient (Wildman–Crippen LogP) is 3.38. The summed E-state index contributed by atoms with van der Waals surface area (Å²) in [5, 5.41) is 2.77. The van der Waals surface area contributed by atoms with E-state index in [-0.39, 0.29) is 5.91 Å². The first-order valence-corrected chi connectivity index (χ1v) is 6.83. The van der Waals surface area contributed by atoms with Crippen molar-refractivity contribution in [3.63, 3.8) is 0 Å². The van der Waals surface area contributed by atoms with E-state index < -0.39 is 11.9 Å². The molecule has 0 bridgehead atoms. The summed E-state index contributed by atoms with van der Waals surface area (Å²) in [5.74, 6) is 0.0891. The fraction of sp³-hybridized carbons (Fsp3) is 0.438. The lowest BCUT2D eigenvalue weighted by Gasteiger charge is -2.17. The van der Waals surface area contributed by atoms with Gasteiger partial charge < -0.3 is 14.8 Å². The van der Waals surface area contributed by atoms with E-state index in [1.54, 1.807) is 13.8 Å². The minimum atomic E-state index is -0.475. The van der Waals surface area contributed by atoms with E-state index in [1.807, 2.05) is 13.0 Å². The molecule has 0 saturated carbocycles. The highest BCUT2D eigenvalue weighted by Crippen LogP contribution is 2.32. The van der Waals surface area contributed by atoms with Crippen molar-refractivity contribution >= 4 is 5.91 Å². The molecule has 1 atom stereocenters. The number of ether oxygens (including phenoxy) is 2. The number of carbonyl (C=O) groups is 1. The third-order valence-electron chi connectivity index (χ3n) is 3.19. The van der Waals surface area contributed by atoms with Crippen LogP contribution in [0, 0.1) is 5.82 Å². The van der Waals surface area contributed by atoms with Crippen molar-refractivity contribution in [2.75, 3.05) is 14.2 Å². The monoisotopic (exact) mass is 295 g/mol. The van der Waals surface area contributed by atoms with Crippen molar-refractivity contribution in [3.05, 3.63) is 35.2 Å². The minimum absolute atomic E-state index is 0.210. The first kappa shape index (κ1) is 17.0. The minimum Gasteiger partial charge on any atom is -0.493 e. The Balaban J connectivity index is 3.00. The van der Waals surface area contributed by atoms with Gasteiger partial charge in [0.25, 0.3) is 0 Å². The van der Waals surface area contributed by atoms with E-state index in [1.165, 1.54) is 26.4 Å². The normalized spacial score (nSPS) is 12.8. The molecule has 0 aliphatic carbocycles. The van der Waals surface area contributed by atoms with Crippen molar-refractivity contribution in [2.45, 2.75) is 33.2 Å². The molecular weight excluding hydrogens is 273 g/mol. The summed E-state index contributed by atoms with van der Waals surface area (Å²) in [6.45, 7) is 5.41.